The third-order valence-corrected chi connectivity index (χ3v) is 4.39. The maximum atomic E-state index is 12.7. The summed E-state index contributed by atoms with van der Waals surface area (Å²) in [5, 5.41) is 3.20. The lowest BCUT2D eigenvalue weighted by molar-refractivity contribution is 0.102. The Hall–Kier alpha value is -3.86. The van der Waals surface area contributed by atoms with E-state index in [0.29, 0.717) is 39.3 Å². The molecule has 4 rings (SSSR count). The summed E-state index contributed by atoms with van der Waals surface area (Å²) in [7, 11) is 1.57. The van der Waals surface area contributed by atoms with Gasteiger partial charge in [-0.15, -0.1) is 0 Å². The Balaban J connectivity index is 1.71. The van der Waals surface area contributed by atoms with E-state index < -0.39 is 0 Å². The fraction of sp³-hybridized carbons (Fsp3) is 0.0435. The van der Waals surface area contributed by atoms with E-state index in [4.69, 9.17) is 9.15 Å². The van der Waals surface area contributed by atoms with Crippen LogP contribution in [-0.4, -0.2) is 13.0 Å². The van der Waals surface area contributed by atoms with Crippen LogP contribution >= 0.6 is 0 Å². The number of benzene rings is 3. The van der Waals surface area contributed by atoms with Crippen LogP contribution in [0.5, 0.6) is 5.75 Å². The monoisotopic (exact) mass is 371 g/mol. The minimum absolute atomic E-state index is 0.196. The summed E-state index contributed by atoms with van der Waals surface area (Å²) in [4.78, 5) is 25.0. The van der Waals surface area contributed by atoms with Gasteiger partial charge in [0.25, 0.3) is 5.91 Å². The van der Waals surface area contributed by atoms with Crippen LogP contribution in [0.4, 0.5) is 5.69 Å². The average Bonchev–Trinajstić information content (AvgIpc) is 2.74. The molecule has 0 saturated heterocycles. The van der Waals surface area contributed by atoms with Crippen molar-refractivity contribution in [3.8, 4) is 17.1 Å². The molecule has 3 aromatic carbocycles. The number of para-hydroxylation sites is 1. The number of fused-ring (bicyclic) bond motifs is 1. The maximum absolute atomic E-state index is 12.7. The summed E-state index contributed by atoms with van der Waals surface area (Å²) in [5.41, 5.74) is 2.01. The van der Waals surface area contributed by atoms with Gasteiger partial charge in [0.05, 0.1) is 18.1 Å². The second kappa shape index (κ2) is 7.40. The predicted octanol–water partition coefficient (Wildman–Crippen LogP) is 4.72. The van der Waals surface area contributed by atoms with Crippen molar-refractivity contribution in [2.75, 3.05) is 12.4 Å². The topological polar surface area (TPSA) is 68.5 Å². The molecule has 0 spiro atoms. The lowest BCUT2D eigenvalue weighted by Gasteiger charge is -2.09. The number of nitrogens with one attached hydrogen (secondary N) is 1. The fourth-order valence-corrected chi connectivity index (χ4v) is 3.01. The van der Waals surface area contributed by atoms with Gasteiger partial charge in [-0.05, 0) is 42.5 Å². The van der Waals surface area contributed by atoms with Crippen molar-refractivity contribution in [3.05, 3.63) is 94.6 Å². The summed E-state index contributed by atoms with van der Waals surface area (Å²) in [6, 6.07) is 22.7. The van der Waals surface area contributed by atoms with Crippen LogP contribution in [-0.2, 0) is 0 Å². The molecule has 0 unspecified atom stereocenters. The molecule has 1 aromatic heterocycles. The summed E-state index contributed by atoms with van der Waals surface area (Å²) >= 11 is 0. The maximum Gasteiger partial charge on any atom is 0.255 e. The first-order valence-corrected chi connectivity index (χ1v) is 8.73. The zero-order valence-electron chi connectivity index (χ0n) is 15.1. The first-order valence-electron chi connectivity index (χ1n) is 8.73. The second-order valence-electron chi connectivity index (χ2n) is 6.21. The van der Waals surface area contributed by atoms with Gasteiger partial charge < -0.3 is 14.5 Å². The van der Waals surface area contributed by atoms with Gasteiger partial charge in [-0.2, -0.15) is 0 Å². The number of anilines is 1. The van der Waals surface area contributed by atoms with Crippen molar-refractivity contribution in [3.63, 3.8) is 0 Å². The lowest BCUT2D eigenvalue weighted by Crippen LogP contribution is -2.12. The fourth-order valence-electron chi connectivity index (χ4n) is 3.01. The SMILES string of the molecule is COc1ccccc1-c1cc(=O)c2cc(NC(=O)c3ccccc3)ccc2o1. The van der Waals surface area contributed by atoms with Crippen molar-refractivity contribution < 1.29 is 13.9 Å². The molecule has 0 aliphatic carbocycles. The number of hydrogen-bond acceptors (Lipinski definition) is 4. The number of methoxy groups -OCH3 is 1. The Bertz CT molecular complexity index is 1210. The molecule has 0 aliphatic heterocycles. The number of amides is 1. The van der Waals surface area contributed by atoms with Gasteiger partial charge in [0.1, 0.15) is 17.1 Å². The third-order valence-electron chi connectivity index (χ3n) is 4.39. The number of hydrogen-bond donors (Lipinski definition) is 1. The van der Waals surface area contributed by atoms with Crippen molar-refractivity contribution in [1.82, 2.24) is 0 Å². The second-order valence-corrected chi connectivity index (χ2v) is 6.21. The van der Waals surface area contributed by atoms with Crippen LogP contribution in [0.15, 0.2) is 88.1 Å². The zero-order valence-corrected chi connectivity index (χ0v) is 15.1. The van der Waals surface area contributed by atoms with Gasteiger partial charge in [-0.1, -0.05) is 30.3 Å². The normalized spacial score (nSPS) is 10.6. The Labute approximate surface area is 161 Å². The van der Waals surface area contributed by atoms with E-state index in [-0.39, 0.29) is 11.3 Å². The van der Waals surface area contributed by atoms with Crippen LogP contribution in [0, 0.1) is 0 Å². The van der Waals surface area contributed by atoms with Gasteiger partial charge in [-0.25, -0.2) is 0 Å². The van der Waals surface area contributed by atoms with Crippen LogP contribution in [0.2, 0.25) is 0 Å². The van der Waals surface area contributed by atoms with E-state index in [0.717, 1.165) is 0 Å². The molecular formula is C23H17NO4. The minimum Gasteiger partial charge on any atom is -0.496 e. The molecule has 0 saturated carbocycles. The highest BCUT2D eigenvalue weighted by molar-refractivity contribution is 6.05. The molecule has 0 bridgehead atoms. The first kappa shape index (κ1) is 17.5. The average molecular weight is 371 g/mol. The molecule has 5 nitrogen and oxygen atoms in total. The molecule has 1 amide bonds. The van der Waals surface area contributed by atoms with Crippen LogP contribution in [0.1, 0.15) is 10.4 Å². The molecule has 1 N–H and O–H groups in total. The van der Waals surface area contributed by atoms with Crippen molar-refractivity contribution in [1.29, 1.82) is 0 Å². The molecular weight excluding hydrogens is 354 g/mol. The molecule has 28 heavy (non-hydrogen) atoms. The lowest BCUT2D eigenvalue weighted by atomic mass is 10.1. The summed E-state index contributed by atoms with van der Waals surface area (Å²) in [6.07, 6.45) is 0. The summed E-state index contributed by atoms with van der Waals surface area (Å²) < 4.78 is 11.3. The van der Waals surface area contributed by atoms with Crippen LogP contribution in [0.25, 0.3) is 22.3 Å². The van der Waals surface area contributed by atoms with Crippen molar-refractivity contribution >= 4 is 22.6 Å². The molecule has 0 atom stereocenters. The van der Waals surface area contributed by atoms with E-state index in [1.54, 1.807) is 49.6 Å². The number of carbonyl (C=O) groups is 1. The third kappa shape index (κ3) is 3.38. The first-order chi connectivity index (χ1) is 13.7. The summed E-state index contributed by atoms with van der Waals surface area (Å²) in [5.74, 6) is 0.808. The predicted molar refractivity (Wildman–Crippen MR) is 109 cm³/mol. The molecule has 1 heterocycles. The quantitative estimate of drug-likeness (QED) is 0.563. The van der Waals surface area contributed by atoms with Crippen molar-refractivity contribution in [2.24, 2.45) is 0 Å². The van der Waals surface area contributed by atoms with Gasteiger partial charge in [-0.3, -0.25) is 9.59 Å². The van der Waals surface area contributed by atoms with E-state index in [2.05, 4.69) is 5.32 Å². The van der Waals surface area contributed by atoms with E-state index >= 15 is 0 Å². The number of ether oxygens (including phenoxy) is 1. The minimum atomic E-state index is -0.241. The molecule has 0 aliphatic rings. The molecule has 0 fully saturated rings. The summed E-state index contributed by atoms with van der Waals surface area (Å²) in [6.45, 7) is 0. The van der Waals surface area contributed by atoms with E-state index in [9.17, 15) is 9.59 Å². The molecule has 5 heteroatoms. The zero-order chi connectivity index (χ0) is 19.5. The Kier molecular flexibility index (Phi) is 4.64. The molecule has 138 valence electrons. The van der Waals surface area contributed by atoms with Gasteiger partial charge in [0, 0.05) is 17.3 Å². The Morgan fingerprint density at radius 1 is 0.929 bits per heavy atom. The van der Waals surface area contributed by atoms with Gasteiger partial charge in [0.2, 0.25) is 0 Å². The molecule has 0 radical (unpaired) electrons. The Morgan fingerprint density at radius 3 is 2.46 bits per heavy atom. The van der Waals surface area contributed by atoms with E-state index in [1.165, 1.54) is 6.07 Å². The Morgan fingerprint density at radius 2 is 1.68 bits per heavy atom. The van der Waals surface area contributed by atoms with Crippen LogP contribution < -0.4 is 15.5 Å². The van der Waals surface area contributed by atoms with Crippen molar-refractivity contribution in [2.45, 2.75) is 0 Å². The smallest absolute Gasteiger partial charge is 0.255 e. The van der Waals surface area contributed by atoms with Crippen LogP contribution in [0.3, 0.4) is 0 Å². The largest absolute Gasteiger partial charge is 0.496 e. The molecule has 4 aromatic rings. The highest BCUT2D eigenvalue weighted by Gasteiger charge is 2.12. The number of rotatable bonds is 4. The van der Waals surface area contributed by atoms with E-state index in [1.807, 2.05) is 30.3 Å². The van der Waals surface area contributed by atoms with Gasteiger partial charge in [0.15, 0.2) is 5.43 Å². The standard InChI is InChI=1S/C23H17NO4/c1-27-20-10-6-5-9-17(20)22-14-19(25)18-13-16(11-12-21(18)28-22)24-23(26)15-7-3-2-4-8-15/h2-14H,1H3,(H,24,26). The van der Waals surface area contributed by atoms with Gasteiger partial charge >= 0.3 is 0 Å². The number of carbonyl (C=O) groups excluding carboxylic acids is 1. The highest BCUT2D eigenvalue weighted by Crippen LogP contribution is 2.30. The highest BCUT2D eigenvalue weighted by atomic mass is 16.5.